The summed E-state index contributed by atoms with van der Waals surface area (Å²) in [4.78, 5) is 13.6. The van der Waals surface area contributed by atoms with E-state index >= 15 is 0 Å². The van der Waals surface area contributed by atoms with E-state index < -0.39 is 5.95 Å². The van der Waals surface area contributed by atoms with Crippen molar-refractivity contribution < 1.29 is 13.9 Å². The summed E-state index contributed by atoms with van der Waals surface area (Å²) >= 11 is 0. The Morgan fingerprint density at radius 1 is 1.08 bits per heavy atom. The highest BCUT2D eigenvalue weighted by Crippen LogP contribution is 2.32. The van der Waals surface area contributed by atoms with Gasteiger partial charge in [0.25, 0.3) is 5.95 Å². The number of hydrogen-bond donors (Lipinski definition) is 0. The molecular weight excluding hydrogens is 461 g/mol. The number of hydrogen-bond acceptors (Lipinski definition) is 8. The van der Waals surface area contributed by atoms with Crippen LogP contribution in [0.3, 0.4) is 0 Å². The highest BCUT2D eigenvalue weighted by Gasteiger charge is 2.21. The van der Waals surface area contributed by atoms with Crippen molar-refractivity contribution in [2.75, 3.05) is 44.8 Å². The van der Waals surface area contributed by atoms with E-state index in [1.807, 2.05) is 43.5 Å². The Balaban J connectivity index is 1.32. The average Bonchev–Trinajstić information content (AvgIpc) is 3.24. The minimum Gasteiger partial charge on any atom is -0.492 e. The molecule has 4 aromatic rings. The highest BCUT2D eigenvalue weighted by atomic mass is 19.1. The maximum Gasteiger partial charge on any atom is 0.251 e. The molecule has 1 saturated heterocycles. The van der Waals surface area contributed by atoms with Crippen LogP contribution in [0.5, 0.6) is 11.6 Å². The van der Waals surface area contributed by atoms with Crippen molar-refractivity contribution in [3.8, 4) is 28.8 Å². The maximum atomic E-state index is 14.3. The molecule has 10 heteroatoms. The average molecular weight is 488 g/mol. The largest absolute Gasteiger partial charge is 0.492 e. The lowest BCUT2D eigenvalue weighted by molar-refractivity contribution is 0.249. The molecule has 5 heterocycles. The van der Waals surface area contributed by atoms with Crippen LogP contribution < -0.4 is 14.4 Å². The molecule has 4 aromatic heterocycles. The van der Waals surface area contributed by atoms with Gasteiger partial charge in [0.15, 0.2) is 0 Å². The number of aromatic nitrogens is 4. The number of fused-ring (bicyclic) bond motifs is 1. The maximum absolute atomic E-state index is 14.3. The monoisotopic (exact) mass is 487 g/mol. The second-order valence-electron chi connectivity index (χ2n) is 8.47. The van der Waals surface area contributed by atoms with Crippen LogP contribution in [-0.2, 0) is 6.54 Å². The molecule has 0 bridgehead atoms. The van der Waals surface area contributed by atoms with Crippen molar-refractivity contribution in [3.63, 3.8) is 0 Å². The van der Waals surface area contributed by atoms with E-state index in [4.69, 9.17) is 9.47 Å². The molecule has 0 spiro atoms. The van der Waals surface area contributed by atoms with Gasteiger partial charge in [0.2, 0.25) is 5.88 Å². The zero-order chi connectivity index (χ0) is 25.1. The topological polar surface area (TPSA) is 91.8 Å². The number of piperazine rings is 1. The van der Waals surface area contributed by atoms with Gasteiger partial charge < -0.3 is 14.4 Å². The SMILES string of the molecule is CCOc1cc(-c2ccc(N3CCN(Cc4ccc(OC)nc4)CC3)nc2)c2c(C#N)c(F)nn2c1. The molecule has 36 heavy (non-hydrogen) atoms. The Kier molecular flexibility index (Phi) is 6.64. The van der Waals surface area contributed by atoms with Crippen LogP contribution in [-0.4, -0.2) is 64.4 Å². The highest BCUT2D eigenvalue weighted by molar-refractivity contribution is 5.85. The molecule has 0 saturated carbocycles. The van der Waals surface area contributed by atoms with Crippen LogP contribution in [0.1, 0.15) is 18.1 Å². The molecule has 1 fully saturated rings. The minimum absolute atomic E-state index is 0.0969. The van der Waals surface area contributed by atoms with E-state index in [1.165, 1.54) is 4.52 Å². The van der Waals surface area contributed by atoms with Gasteiger partial charge in [0, 0.05) is 62.3 Å². The number of rotatable bonds is 7. The Morgan fingerprint density at radius 3 is 2.56 bits per heavy atom. The summed E-state index contributed by atoms with van der Waals surface area (Å²) < 4.78 is 26.4. The van der Waals surface area contributed by atoms with E-state index in [9.17, 15) is 9.65 Å². The molecule has 5 rings (SSSR count). The number of nitrogens with zero attached hydrogens (tertiary/aromatic N) is 7. The van der Waals surface area contributed by atoms with E-state index in [2.05, 4.69) is 24.9 Å². The van der Waals surface area contributed by atoms with Gasteiger partial charge in [0.05, 0.1) is 25.4 Å². The van der Waals surface area contributed by atoms with E-state index in [0.29, 0.717) is 29.3 Å². The quantitative estimate of drug-likeness (QED) is 0.391. The number of anilines is 1. The zero-order valence-corrected chi connectivity index (χ0v) is 20.2. The van der Waals surface area contributed by atoms with Gasteiger partial charge in [-0.25, -0.2) is 14.5 Å². The molecule has 0 atom stereocenters. The third kappa shape index (κ3) is 4.65. The molecule has 0 aromatic carbocycles. The lowest BCUT2D eigenvalue weighted by Gasteiger charge is -2.35. The fourth-order valence-electron chi connectivity index (χ4n) is 4.44. The lowest BCUT2D eigenvalue weighted by atomic mass is 10.1. The summed E-state index contributed by atoms with van der Waals surface area (Å²) in [5, 5.41) is 13.3. The summed E-state index contributed by atoms with van der Waals surface area (Å²) in [7, 11) is 1.61. The predicted octanol–water partition coefficient (Wildman–Crippen LogP) is 3.53. The fraction of sp³-hybridized carbons (Fsp3) is 0.308. The van der Waals surface area contributed by atoms with Gasteiger partial charge in [-0.15, -0.1) is 5.10 Å². The Hall–Kier alpha value is -4.23. The van der Waals surface area contributed by atoms with Gasteiger partial charge >= 0.3 is 0 Å². The van der Waals surface area contributed by atoms with Gasteiger partial charge in [-0.1, -0.05) is 6.07 Å². The number of pyridine rings is 3. The smallest absolute Gasteiger partial charge is 0.251 e. The molecule has 184 valence electrons. The number of methoxy groups -OCH3 is 1. The summed E-state index contributed by atoms with van der Waals surface area (Å²) in [6, 6.07) is 11.5. The molecule has 1 aliphatic heterocycles. The molecule has 1 aliphatic rings. The Morgan fingerprint density at radius 2 is 1.92 bits per heavy atom. The van der Waals surface area contributed by atoms with Gasteiger partial charge in [-0.3, -0.25) is 4.90 Å². The number of halogens is 1. The summed E-state index contributed by atoms with van der Waals surface area (Å²) in [6.07, 6.45) is 5.19. The van der Waals surface area contributed by atoms with E-state index in [0.717, 1.165) is 49.7 Å². The first-order chi connectivity index (χ1) is 17.6. The normalized spacial score (nSPS) is 14.1. The third-order valence-electron chi connectivity index (χ3n) is 6.25. The van der Waals surface area contributed by atoms with Gasteiger partial charge in [-0.2, -0.15) is 9.65 Å². The van der Waals surface area contributed by atoms with Crippen molar-refractivity contribution in [2.24, 2.45) is 0 Å². The molecule has 0 radical (unpaired) electrons. The van der Waals surface area contributed by atoms with Gasteiger partial charge in [0.1, 0.15) is 23.2 Å². The molecule has 0 amide bonds. The standard InChI is InChI=1S/C26H26FN7O2/c1-3-36-20-12-21(25-22(13-28)26(27)31-34(25)17-20)19-5-6-23(29-15-19)33-10-8-32(9-11-33)16-18-4-7-24(35-2)30-14-18/h4-7,12,14-15,17H,3,8-11,16H2,1-2H3. The van der Waals surface area contributed by atoms with Gasteiger partial charge in [-0.05, 0) is 30.7 Å². The van der Waals surface area contributed by atoms with Crippen molar-refractivity contribution in [1.82, 2.24) is 24.5 Å². The second-order valence-corrected chi connectivity index (χ2v) is 8.47. The van der Waals surface area contributed by atoms with Crippen LogP contribution in [0, 0.1) is 17.3 Å². The van der Waals surface area contributed by atoms with E-state index in [-0.39, 0.29) is 5.56 Å². The summed E-state index contributed by atoms with van der Waals surface area (Å²) in [6.45, 7) is 6.70. The fourth-order valence-corrected chi connectivity index (χ4v) is 4.44. The Bertz CT molecular complexity index is 1390. The van der Waals surface area contributed by atoms with Crippen LogP contribution >= 0.6 is 0 Å². The summed E-state index contributed by atoms with van der Waals surface area (Å²) in [5.74, 6) is 1.23. The van der Waals surface area contributed by atoms with Crippen LogP contribution in [0.4, 0.5) is 10.2 Å². The van der Waals surface area contributed by atoms with Crippen LogP contribution in [0.25, 0.3) is 16.6 Å². The lowest BCUT2D eigenvalue weighted by Crippen LogP contribution is -2.46. The molecule has 0 aliphatic carbocycles. The van der Waals surface area contributed by atoms with Crippen LogP contribution in [0.15, 0.2) is 48.9 Å². The zero-order valence-electron chi connectivity index (χ0n) is 20.2. The van der Waals surface area contributed by atoms with Crippen LogP contribution in [0.2, 0.25) is 0 Å². The third-order valence-corrected chi connectivity index (χ3v) is 6.25. The van der Waals surface area contributed by atoms with Crippen molar-refractivity contribution in [1.29, 1.82) is 5.26 Å². The molecular formula is C26H26FN7O2. The first-order valence-corrected chi connectivity index (χ1v) is 11.8. The number of nitriles is 1. The van der Waals surface area contributed by atoms with E-state index in [1.54, 1.807) is 25.6 Å². The van der Waals surface area contributed by atoms with Crippen molar-refractivity contribution in [3.05, 3.63) is 66.0 Å². The number of ether oxygens (including phenoxy) is 2. The molecule has 9 nitrogen and oxygen atoms in total. The van der Waals surface area contributed by atoms with Crippen molar-refractivity contribution in [2.45, 2.75) is 13.5 Å². The molecule has 0 unspecified atom stereocenters. The van der Waals surface area contributed by atoms with Crippen molar-refractivity contribution >= 4 is 11.3 Å². The second kappa shape index (κ2) is 10.2. The predicted molar refractivity (Wildman–Crippen MR) is 133 cm³/mol. The first-order valence-electron chi connectivity index (χ1n) is 11.8. The summed E-state index contributed by atoms with van der Waals surface area (Å²) in [5.41, 5.74) is 2.86. The minimum atomic E-state index is -0.805. The first kappa shape index (κ1) is 23.5. The Labute approximate surface area is 208 Å². The molecule has 0 N–H and O–H groups in total.